The number of hydrogen-bond donors (Lipinski definition) is 2. The van der Waals surface area contributed by atoms with Crippen LogP contribution in [0.1, 0.15) is 33.5 Å². The van der Waals surface area contributed by atoms with Crippen molar-refractivity contribution in [2.75, 3.05) is 0 Å². The van der Waals surface area contributed by atoms with E-state index in [1.807, 2.05) is 36.5 Å². The molecule has 0 saturated carbocycles. The smallest absolute Gasteiger partial charge is 0.261 e. The van der Waals surface area contributed by atoms with Crippen molar-refractivity contribution in [1.82, 2.24) is 14.5 Å². The molecule has 0 aliphatic rings. The van der Waals surface area contributed by atoms with Gasteiger partial charge in [0.2, 0.25) is 0 Å². The highest BCUT2D eigenvalue weighted by atomic mass is 19.2. The molecule has 3 aromatic heterocycles. The number of rotatable bonds is 8. The molecule has 0 spiro atoms. The number of fused-ring (bicyclic) bond motifs is 1. The van der Waals surface area contributed by atoms with E-state index in [2.05, 4.69) is 9.97 Å². The first kappa shape index (κ1) is 24.3. The fraction of sp³-hybridized carbons (Fsp3) is 0.138. The van der Waals surface area contributed by atoms with E-state index in [4.69, 9.17) is 5.73 Å². The molecular weight excluding hydrogens is 474 g/mol. The maximum absolute atomic E-state index is 13.6. The van der Waals surface area contributed by atoms with Crippen molar-refractivity contribution in [3.63, 3.8) is 0 Å². The fourth-order valence-corrected chi connectivity index (χ4v) is 4.39. The number of aryl methyl sites for hydroxylation is 1. The predicted molar refractivity (Wildman–Crippen MR) is 138 cm³/mol. The molecule has 37 heavy (non-hydrogen) atoms. The number of pyridine rings is 2. The highest BCUT2D eigenvalue weighted by Gasteiger charge is 2.14. The first-order valence-corrected chi connectivity index (χ1v) is 11.8. The number of benzene rings is 2. The fourth-order valence-electron chi connectivity index (χ4n) is 4.39. The van der Waals surface area contributed by atoms with Crippen molar-refractivity contribution < 1.29 is 13.6 Å². The maximum Gasteiger partial charge on any atom is 0.261 e. The Morgan fingerprint density at radius 2 is 1.84 bits per heavy atom. The van der Waals surface area contributed by atoms with Gasteiger partial charge in [0, 0.05) is 42.5 Å². The van der Waals surface area contributed by atoms with Crippen molar-refractivity contribution >= 4 is 16.8 Å². The molecule has 3 N–H and O–H groups in total. The number of Topliss-reactive ketones (excluding diaryl/α,β-unsaturated/α-hetero) is 1. The molecule has 0 aliphatic heterocycles. The monoisotopic (exact) mass is 498 g/mol. The van der Waals surface area contributed by atoms with Gasteiger partial charge < -0.3 is 15.3 Å². The number of carbonyl (C=O) groups is 1. The standard InChI is InChI=1S/C29H24F2N4O2/c30-25-8-6-19(13-26(25)31)17-35-10-2-5-22(29(35)37)27(36)9-7-18-3-1-4-21(11-18)24-16-34-28-23(24)12-20(14-32)15-33-28/h1-6,8,10-13,15-16H,7,9,14,17,32H2,(H,33,34). The lowest BCUT2D eigenvalue weighted by molar-refractivity contribution is 0.0981. The first-order chi connectivity index (χ1) is 17.9. The van der Waals surface area contributed by atoms with Crippen molar-refractivity contribution in [2.24, 2.45) is 5.73 Å². The van der Waals surface area contributed by atoms with E-state index in [1.54, 1.807) is 12.3 Å². The van der Waals surface area contributed by atoms with Crippen molar-refractivity contribution in [3.8, 4) is 11.1 Å². The van der Waals surface area contributed by atoms with Gasteiger partial charge in [0.05, 0.1) is 12.1 Å². The lowest BCUT2D eigenvalue weighted by Gasteiger charge is -2.09. The van der Waals surface area contributed by atoms with Gasteiger partial charge in [-0.3, -0.25) is 9.59 Å². The number of nitrogens with zero attached hydrogens (tertiary/aromatic N) is 2. The van der Waals surface area contributed by atoms with Crippen molar-refractivity contribution in [1.29, 1.82) is 0 Å². The molecule has 186 valence electrons. The van der Waals surface area contributed by atoms with Gasteiger partial charge in [-0.25, -0.2) is 13.8 Å². The number of ketones is 1. The van der Waals surface area contributed by atoms with Gasteiger partial charge in [0.25, 0.3) is 5.56 Å². The Bertz CT molecular complexity index is 1670. The van der Waals surface area contributed by atoms with E-state index >= 15 is 0 Å². The third-order valence-corrected chi connectivity index (χ3v) is 6.36. The predicted octanol–water partition coefficient (Wildman–Crippen LogP) is 4.99. The maximum atomic E-state index is 13.6. The molecule has 0 fully saturated rings. The van der Waals surface area contributed by atoms with E-state index in [1.165, 1.54) is 22.9 Å². The lowest BCUT2D eigenvalue weighted by Crippen LogP contribution is -2.26. The highest BCUT2D eigenvalue weighted by Crippen LogP contribution is 2.29. The second-order valence-electron chi connectivity index (χ2n) is 8.87. The van der Waals surface area contributed by atoms with E-state index in [9.17, 15) is 18.4 Å². The molecule has 5 aromatic rings. The molecule has 2 aromatic carbocycles. The van der Waals surface area contributed by atoms with Gasteiger partial charge in [0.15, 0.2) is 17.4 Å². The van der Waals surface area contributed by atoms with Gasteiger partial charge in [0.1, 0.15) is 5.65 Å². The lowest BCUT2D eigenvalue weighted by atomic mass is 9.99. The Morgan fingerprint density at radius 3 is 2.65 bits per heavy atom. The van der Waals surface area contributed by atoms with Crippen LogP contribution in [0.25, 0.3) is 22.2 Å². The molecule has 3 heterocycles. The topological polar surface area (TPSA) is 93.8 Å². The van der Waals surface area contributed by atoms with Crippen LogP contribution in [0, 0.1) is 11.6 Å². The van der Waals surface area contributed by atoms with E-state index < -0.39 is 17.2 Å². The van der Waals surface area contributed by atoms with E-state index in [-0.39, 0.29) is 24.3 Å². The zero-order valence-electron chi connectivity index (χ0n) is 19.9. The van der Waals surface area contributed by atoms with Crippen LogP contribution >= 0.6 is 0 Å². The highest BCUT2D eigenvalue weighted by molar-refractivity contribution is 5.96. The second-order valence-corrected chi connectivity index (χ2v) is 8.87. The molecule has 0 atom stereocenters. The molecule has 5 rings (SSSR count). The minimum atomic E-state index is -0.983. The zero-order chi connectivity index (χ0) is 25.9. The van der Waals surface area contributed by atoms with Crippen LogP contribution in [0.3, 0.4) is 0 Å². The largest absolute Gasteiger partial charge is 0.346 e. The van der Waals surface area contributed by atoms with Gasteiger partial charge in [-0.05, 0) is 59.0 Å². The molecule has 0 unspecified atom stereocenters. The summed E-state index contributed by atoms with van der Waals surface area (Å²) in [5, 5.41) is 0.974. The Balaban J connectivity index is 1.32. The summed E-state index contributed by atoms with van der Waals surface area (Å²) < 4.78 is 28.1. The summed E-state index contributed by atoms with van der Waals surface area (Å²) in [4.78, 5) is 33.5. The summed E-state index contributed by atoms with van der Waals surface area (Å²) in [5.74, 6) is -2.21. The molecule has 0 radical (unpaired) electrons. The Kier molecular flexibility index (Phi) is 6.74. The number of hydrogen-bond acceptors (Lipinski definition) is 4. The molecule has 0 saturated heterocycles. The number of aromatic nitrogens is 3. The first-order valence-electron chi connectivity index (χ1n) is 11.8. The molecular formula is C29H24F2N4O2. The third-order valence-electron chi connectivity index (χ3n) is 6.36. The quantitative estimate of drug-likeness (QED) is 0.295. The molecule has 0 amide bonds. The van der Waals surface area contributed by atoms with Crippen LogP contribution in [0.4, 0.5) is 8.78 Å². The Hall–Kier alpha value is -4.43. The summed E-state index contributed by atoms with van der Waals surface area (Å²) in [5.41, 5.74) is 10.5. The summed E-state index contributed by atoms with van der Waals surface area (Å²) in [7, 11) is 0. The van der Waals surface area contributed by atoms with Gasteiger partial charge in [-0.1, -0.05) is 30.3 Å². The normalized spacial score (nSPS) is 11.2. The molecule has 0 bridgehead atoms. The average molecular weight is 499 g/mol. The number of H-pyrrole nitrogens is 1. The van der Waals surface area contributed by atoms with Crippen molar-refractivity contribution in [3.05, 3.63) is 123 Å². The van der Waals surface area contributed by atoms with Crippen LogP contribution in [0.15, 0.2) is 84.0 Å². The summed E-state index contributed by atoms with van der Waals surface area (Å²) >= 11 is 0. The van der Waals surface area contributed by atoms with Crippen LogP contribution in [0.5, 0.6) is 0 Å². The number of carbonyl (C=O) groups excluding carboxylic acids is 1. The van der Waals surface area contributed by atoms with Crippen LogP contribution in [-0.4, -0.2) is 20.3 Å². The Morgan fingerprint density at radius 1 is 0.973 bits per heavy atom. The van der Waals surface area contributed by atoms with Crippen LogP contribution in [-0.2, 0) is 19.5 Å². The van der Waals surface area contributed by atoms with Gasteiger partial charge >= 0.3 is 0 Å². The number of aromatic amines is 1. The Labute approximate surface area is 211 Å². The second kappa shape index (κ2) is 10.3. The van der Waals surface area contributed by atoms with Crippen LogP contribution in [0.2, 0.25) is 0 Å². The van der Waals surface area contributed by atoms with Crippen LogP contribution < -0.4 is 11.3 Å². The molecule has 0 aliphatic carbocycles. The third kappa shape index (κ3) is 5.10. The summed E-state index contributed by atoms with van der Waals surface area (Å²) in [6.45, 7) is 0.433. The molecule has 8 heteroatoms. The zero-order valence-corrected chi connectivity index (χ0v) is 19.9. The summed E-state index contributed by atoms with van der Waals surface area (Å²) in [6.07, 6.45) is 5.79. The number of nitrogens with two attached hydrogens (primary N) is 1. The number of halogens is 2. The van der Waals surface area contributed by atoms with Crippen molar-refractivity contribution in [2.45, 2.75) is 25.9 Å². The number of nitrogens with one attached hydrogen (secondary N) is 1. The minimum Gasteiger partial charge on any atom is -0.346 e. The average Bonchev–Trinajstić information content (AvgIpc) is 3.34. The molecule has 6 nitrogen and oxygen atoms in total. The van der Waals surface area contributed by atoms with E-state index in [0.717, 1.165) is 45.4 Å². The van der Waals surface area contributed by atoms with Gasteiger partial charge in [-0.2, -0.15) is 0 Å². The van der Waals surface area contributed by atoms with E-state index in [0.29, 0.717) is 18.5 Å². The van der Waals surface area contributed by atoms with Gasteiger partial charge in [-0.15, -0.1) is 0 Å². The minimum absolute atomic E-state index is 0.0323. The SMILES string of the molecule is NCc1cnc2[nH]cc(-c3cccc(CCC(=O)c4cccn(Cc5ccc(F)c(F)c5)c4=O)c3)c2c1. The summed E-state index contributed by atoms with van der Waals surface area (Å²) in [6, 6.07) is 16.5.